The highest BCUT2D eigenvalue weighted by molar-refractivity contribution is 5.99. The first-order chi connectivity index (χ1) is 15.2. The third-order valence-corrected chi connectivity index (χ3v) is 7.43. The summed E-state index contributed by atoms with van der Waals surface area (Å²) >= 11 is 0. The van der Waals surface area contributed by atoms with Crippen LogP contribution in [0.15, 0.2) is 30.3 Å². The number of nitrogens with zero attached hydrogens (tertiary/aromatic N) is 1. The Balaban J connectivity index is 1.68. The van der Waals surface area contributed by atoms with Crippen molar-refractivity contribution in [3.05, 3.63) is 35.9 Å². The van der Waals surface area contributed by atoms with Crippen molar-refractivity contribution in [2.45, 2.75) is 63.9 Å². The van der Waals surface area contributed by atoms with Crippen molar-refractivity contribution in [2.75, 3.05) is 13.2 Å². The number of β-amino-alcohol motifs (C(OH)–C–C–N with tert-alkyl or cyclic N) is 1. The first-order valence-electron chi connectivity index (χ1n) is 11.4. The Morgan fingerprint density at radius 2 is 1.94 bits per heavy atom. The van der Waals surface area contributed by atoms with Crippen LogP contribution in [0, 0.1) is 17.8 Å². The first kappa shape index (κ1) is 22.7. The molecule has 0 saturated carbocycles. The fourth-order valence-electron chi connectivity index (χ4n) is 6.05. The van der Waals surface area contributed by atoms with Gasteiger partial charge in [-0.15, -0.1) is 0 Å². The Morgan fingerprint density at radius 1 is 1.25 bits per heavy atom. The van der Waals surface area contributed by atoms with E-state index in [2.05, 4.69) is 10.6 Å². The summed E-state index contributed by atoms with van der Waals surface area (Å²) in [6.07, 6.45) is 0.514. The van der Waals surface area contributed by atoms with Crippen molar-refractivity contribution in [3.63, 3.8) is 0 Å². The molecule has 0 radical (unpaired) electrons. The summed E-state index contributed by atoms with van der Waals surface area (Å²) in [5, 5.41) is 15.5. The maximum atomic E-state index is 13.6. The average molecular weight is 444 g/mol. The Kier molecular flexibility index (Phi) is 5.79. The highest BCUT2D eigenvalue weighted by atomic mass is 16.5. The Labute approximate surface area is 188 Å². The lowest BCUT2D eigenvalue weighted by molar-refractivity contribution is -0.148. The molecular formula is C24H33N3O5. The minimum absolute atomic E-state index is 0.0116. The molecule has 3 fully saturated rings. The zero-order valence-electron chi connectivity index (χ0n) is 19.1. The van der Waals surface area contributed by atoms with Crippen LogP contribution in [0.3, 0.4) is 0 Å². The zero-order chi connectivity index (χ0) is 23.3. The van der Waals surface area contributed by atoms with E-state index in [4.69, 9.17) is 4.74 Å². The third kappa shape index (κ3) is 3.31. The van der Waals surface area contributed by atoms with Gasteiger partial charge >= 0.3 is 0 Å². The van der Waals surface area contributed by atoms with E-state index in [0.717, 1.165) is 5.56 Å². The first-order valence-corrected chi connectivity index (χ1v) is 11.4. The summed E-state index contributed by atoms with van der Waals surface area (Å²) in [5.74, 6) is -2.31. The molecule has 1 aromatic carbocycles. The molecule has 3 heterocycles. The summed E-state index contributed by atoms with van der Waals surface area (Å²) in [7, 11) is 0. The highest BCUT2D eigenvalue weighted by Gasteiger charge is 2.79. The van der Waals surface area contributed by atoms with Gasteiger partial charge in [-0.05, 0) is 38.7 Å². The molecule has 174 valence electrons. The number of aliphatic hydroxyl groups excluding tert-OH is 1. The lowest BCUT2D eigenvalue weighted by atomic mass is 9.62. The second-order valence-electron chi connectivity index (χ2n) is 9.83. The van der Waals surface area contributed by atoms with Crippen LogP contribution in [0.25, 0.3) is 0 Å². The molecule has 8 nitrogen and oxygen atoms in total. The Morgan fingerprint density at radius 3 is 2.56 bits per heavy atom. The van der Waals surface area contributed by atoms with Gasteiger partial charge in [0.2, 0.25) is 17.7 Å². The number of ether oxygens (including phenoxy) is 1. The molecule has 1 spiro atoms. The van der Waals surface area contributed by atoms with Crippen molar-refractivity contribution in [2.24, 2.45) is 17.8 Å². The number of fused-ring (bicyclic) bond motifs is 1. The number of nitrogens with one attached hydrogen (secondary N) is 2. The number of hydrogen-bond donors (Lipinski definition) is 3. The van der Waals surface area contributed by atoms with Crippen molar-refractivity contribution < 1.29 is 24.2 Å². The van der Waals surface area contributed by atoms with Gasteiger partial charge in [0.25, 0.3) is 0 Å². The van der Waals surface area contributed by atoms with E-state index in [1.54, 1.807) is 0 Å². The number of likely N-dealkylation sites (tertiary alicyclic amines) is 1. The maximum absolute atomic E-state index is 13.6. The van der Waals surface area contributed by atoms with E-state index in [1.165, 1.54) is 4.90 Å². The predicted molar refractivity (Wildman–Crippen MR) is 117 cm³/mol. The maximum Gasteiger partial charge on any atom is 0.246 e. The molecule has 32 heavy (non-hydrogen) atoms. The van der Waals surface area contributed by atoms with Crippen molar-refractivity contribution >= 4 is 17.7 Å². The monoisotopic (exact) mass is 443 g/mol. The molecule has 3 amide bonds. The second kappa shape index (κ2) is 8.15. The van der Waals surface area contributed by atoms with Gasteiger partial charge in [-0.1, -0.05) is 37.3 Å². The van der Waals surface area contributed by atoms with Crippen LogP contribution in [-0.4, -0.2) is 64.2 Å². The summed E-state index contributed by atoms with van der Waals surface area (Å²) in [6, 6.07) is 8.61. The van der Waals surface area contributed by atoms with Gasteiger partial charge in [-0.3, -0.25) is 14.4 Å². The smallest absolute Gasteiger partial charge is 0.246 e. The van der Waals surface area contributed by atoms with Crippen LogP contribution in [0.1, 0.15) is 39.7 Å². The quantitative estimate of drug-likeness (QED) is 0.579. The second-order valence-corrected chi connectivity index (χ2v) is 9.83. The number of rotatable bonds is 7. The van der Waals surface area contributed by atoms with E-state index < -0.39 is 29.1 Å². The van der Waals surface area contributed by atoms with Crippen LogP contribution in [0.5, 0.6) is 0 Å². The number of benzene rings is 1. The normalized spacial score (nSPS) is 35.3. The average Bonchev–Trinajstić information content (AvgIpc) is 3.24. The molecule has 0 aromatic heterocycles. The number of amides is 3. The van der Waals surface area contributed by atoms with Gasteiger partial charge in [-0.2, -0.15) is 0 Å². The lowest BCUT2D eigenvalue weighted by Crippen LogP contribution is -2.57. The Hall–Kier alpha value is -2.45. The van der Waals surface area contributed by atoms with E-state index in [9.17, 15) is 19.5 Å². The molecule has 8 heteroatoms. The number of hydrogen-bond acceptors (Lipinski definition) is 5. The van der Waals surface area contributed by atoms with Crippen LogP contribution >= 0.6 is 0 Å². The van der Waals surface area contributed by atoms with E-state index in [1.807, 2.05) is 58.0 Å². The molecule has 0 aliphatic carbocycles. The minimum atomic E-state index is -1.08. The third-order valence-electron chi connectivity index (χ3n) is 7.43. The van der Waals surface area contributed by atoms with E-state index in [0.29, 0.717) is 13.0 Å². The SMILES string of the molecule is CC(C)NC(=O)C1N(CCO)C(=O)[C@@H]2[C@@H](C(=O)NCc3ccccc3)[C@]3(C)OC12CC3C. The van der Waals surface area contributed by atoms with Gasteiger partial charge in [0, 0.05) is 19.1 Å². The van der Waals surface area contributed by atoms with Crippen LogP contribution < -0.4 is 10.6 Å². The number of aliphatic hydroxyl groups is 1. The number of carbonyl (C=O) groups is 3. The lowest BCUT2D eigenvalue weighted by Gasteiger charge is -2.36. The molecule has 2 bridgehead atoms. The molecule has 6 atom stereocenters. The standard InChI is InChI=1S/C24H33N3O5/c1-14(2)26-21(30)19-24-12-15(3)23(4,32-24)17(18(24)22(31)27(19)10-11-28)20(29)25-13-16-8-6-5-7-9-16/h5-9,14-15,17-19,28H,10-13H2,1-4H3,(H,25,29)(H,26,30)/t15?,17-,18-,19?,23+,24?/m0/s1. The molecule has 3 N–H and O–H groups in total. The zero-order valence-corrected chi connectivity index (χ0v) is 19.1. The largest absolute Gasteiger partial charge is 0.395 e. The summed E-state index contributed by atoms with van der Waals surface area (Å²) in [4.78, 5) is 41.7. The van der Waals surface area contributed by atoms with Crippen molar-refractivity contribution in [1.29, 1.82) is 0 Å². The minimum Gasteiger partial charge on any atom is -0.395 e. The predicted octanol–water partition coefficient (Wildman–Crippen LogP) is 0.830. The van der Waals surface area contributed by atoms with E-state index in [-0.39, 0.29) is 42.8 Å². The molecule has 3 aliphatic rings. The molecule has 3 saturated heterocycles. The van der Waals surface area contributed by atoms with Crippen LogP contribution in [0.4, 0.5) is 0 Å². The molecule has 4 rings (SSSR count). The fourth-order valence-corrected chi connectivity index (χ4v) is 6.05. The van der Waals surface area contributed by atoms with Crippen molar-refractivity contribution in [3.8, 4) is 0 Å². The van der Waals surface area contributed by atoms with Crippen molar-refractivity contribution in [1.82, 2.24) is 15.5 Å². The molecule has 1 aromatic rings. The Bertz CT molecular complexity index is 906. The summed E-state index contributed by atoms with van der Waals surface area (Å²) < 4.78 is 6.57. The molecule has 3 aliphatic heterocycles. The molecule has 3 unspecified atom stereocenters. The van der Waals surface area contributed by atoms with Gasteiger partial charge in [-0.25, -0.2) is 0 Å². The van der Waals surface area contributed by atoms with Gasteiger partial charge < -0.3 is 25.4 Å². The van der Waals surface area contributed by atoms with E-state index >= 15 is 0 Å². The summed E-state index contributed by atoms with van der Waals surface area (Å²) in [6.45, 7) is 7.73. The highest BCUT2D eigenvalue weighted by Crippen LogP contribution is 2.65. The van der Waals surface area contributed by atoms with Crippen LogP contribution in [-0.2, 0) is 25.7 Å². The van der Waals surface area contributed by atoms with Gasteiger partial charge in [0.15, 0.2) is 0 Å². The van der Waals surface area contributed by atoms with Crippen LogP contribution in [0.2, 0.25) is 0 Å². The number of carbonyl (C=O) groups excluding carboxylic acids is 3. The topological polar surface area (TPSA) is 108 Å². The summed E-state index contributed by atoms with van der Waals surface area (Å²) in [5.41, 5.74) is -0.955. The van der Waals surface area contributed by atoms with Gasteiger partial charge in [0.1, 0.15) is 11.6 Å². The molecular weight excluding hydrogens is 410 g/mol. The fraction of sp³-hybridized carbons (Fsp3) is 0.625. The van der Waals surface area contributed by atoms with Gasteiger partial charge in [0.05, 0.1) is 24.0 Å².